The van der Waals surface area contributed by atoms with Crippen molar-refractivity contribution >= 4 is 29.2 Å². The molecule has 0 unspecified atom stereocenters. The highest BCUT2D eigenvalue weighted by Gasteiger charge is 2.21. The molecule has 3 rings (SSSR count). The molecule has 168 valence electrons. The molecule has 0 aliphatic rings. The first-order valence-electron chi connectivity index (χ1n) is 10.4. The van der Waals surface area contributed by atoms with E-state index in [9.17, 15) is 9.59 Å². The summed E-state index contributed by atoms with van der Waals surface area (Å²) in [5, 5.41) is 8.25. The van der Waals surface area contributed by atoms with Gasteiger partial charge in [-0.1, -0.05) is 20.8 Å². The molecule has 0 spiro atoms. The lowest BCUT2D eigenvalue weighted by Gasteiger charge is -2.15. The summed E-state index contributed by atoms with van der Waals surface area (Å²) in [6, 6.07) is 3.17. The SMILES string of the molecule is CCNC(=O)Nc1cc(-c2nc(C(C)(C)C)cs2)c(-c2cncc(C(=O)OCC)c2)cn1. The van der Waals surface area contributed by atoms with Crippen LogP contribution in [0, 0.1) is 0 Å². The number of amides is 2. The Morgan fingerprint density at radius 1 is 1.09 bits per heavy atom. The van der Waals surface area contributed by atoms with Crippen LogP contribution in [-0.2, 0) is 10.2 Å². The van der Waals surface area contributed by atoms with Gasteiger partial charge in [-0.05, 0) is 26.0 Å². The van der Waals surface area contributed by atoms with Gasteiger partial charge in [0.1, 0.15) is 10.8 Å². The molecule has 2 amide bonds. The standard InChI is InChI=1S/C23H27N5O3S/c1-6-25-22(30)28-19-9-16(20-27-18(13-32-20)23(3,4)5)17(12-26-19)14-8-15(11-24-10-14)21(29)31-7-2/h8-13H,6-7H2,1-5H3,(H2,25,26,28,30). The van der Waals surface area contributed by atoms with Crippen molar-refractivity contribution in [3.8, 4) is 21.7 Å². The fourth-order valence-corrected chi connectivity index (χ4v) is 3.98. The Labute approximate surface area is 191 Å². The number of carbonyl (C=O) groups excluding carboxylic acids is 2. The predicted molar refractivity (Wildman–Crippen MR) is 126 cm³/mol. The molecule has 3 aromatic heterocycles. The first kappa shape index (κ1) is 23.3. The van der Waals surface area contributed by atoms with Crippen molar-refractivity contribution in [1.29, 1.82) is 0 Å². The lowest BCUT2D eigenvalue weighted by Crippen LogP contribution is -2.28. The number of urea groups is 1. The van der Waals surface area contributed by atoms with E-state index < -0.39 is 5.97 Å². The minimum absolute atomic E-state index is 0.102. The zero-order chi connectivity index (χ0) is 23.3. The smallest absolute Gasteiger partial charge is 0.339 e. The fourth-order valence-electron chi connectivity index (χ4n) is 2.91. The molecule has 3 heterocycles. The highest BCUT2D eigenvalue weighted by molar-refractivity contribution is 7.13. The van der Waals surface area contributed by atoms with E-state index in [2.05, 4.69) is 41.4 Å². The summed E-state index contributed by atoms with van der Waals surface area (Å²) >= 11 is 1.52. The van der Waals surface area contributed by atoms with Gasteiger partial charge in [0, 0.05) is 52.6 Å². The number of hydrogen-bond donors (Lipinski definition) is 2. The molecular weight excluding hydrogens is 426 g/mol. The summed E-state index contributed by atoms with van der Waals surface area (Å²) in [6.07, 6.45) is 4.79. The van der Waals surface area contributed by atoms with Crippen LogP contribution >= 0.6 is 11.3 Å². The largest absolute Gasteiger partial charge is 0.462 e. The average molecular weight is 454 g/mol. The summed E-state index contributed by atoms with van der Waals surface area (Å²) in [4.78, 5) is 37.6. The second-order valence-corrected chi connectivity index (χ2v) is 8.93. The normalized spacial score (nSPS) is 11.2. The highest BCUT2D eigenvalue weighted by Crippen LogP contribution is 2.37. The molecular formula is C23H27N5O3S. The second kappa shape index (κ2) is 9.86. The summed E-state index contributed by atoms with van der Waals surface area (Å²) in [5.74, 6) is -0.0353. The highest BCUT2D eigenvalue weighted by atomic mass is 32.1. The molecule has 0 saturated heterocycles. The fraction of sp³-hybridized carbons (Fsp3) is 0.348. The van der Waals surface area contributed by atoms with Crippen LogP contribution in [0.2, 0.25) is 0 Å². The molecule has 0 aliphatic carbocycles. The summed E-state index contributed by atoms with van der Waals surface area (Å²) in [6.45, 7) is 10.7. The first-order valence-corrected chi connectivity index (χ1v) is 11.2. The van der Waals surface area contributed by atoms with Crippen molar-refractivity contribution in [2.45, 2.75) is 40.0 Å². The van der Waals surface area contributed by atoms with Crippen LogP contribution in [0.1, 0.15) is 50.7 Å². The lowest BCUT2D eigenvalue weighted by molar-refractivity contribution is 0.0526. The van der Waals surface area contributed by atoms with Crippen LogP contribution < -0.4 is 10.6 Å². The number of hydrogen-bond acceptors (Lipinski definition) is 7. The summed E-state index contributed by atoms with van der Waals surface area (Å²) < 4.78 is 5.10. The number of esters is 1. The number of anilines is 1. The maximum absolute atomic E-state index is 12.2. The molecule has 0 atom stereocenters. The van der Waals surface area contributed by atoms with E-state index in [1.165, 1.54) is 17.5 Å². The van der Waals surface area contributed by atoms with Crippen LogP contribution in [0.3, 0.4) is 0 Å². The maximum atomic E-state index is 12.2. The molecule has 0 fully saturated rings. The van der Waals surface area contributed by atoms with Gasteiger partial charge >= 0.3 is 12.0 Å². The van der Waals surface area contributed by atoms with Crippen molar-refractivity contribution in [2.75, 3.05) is 18.5 Å². The van der Waals surface area contributed by atoms with Crippen LogP contribution in [-0.4, -0.2) is 40.1 Å². The Hall–Kier alpha value is -3.33. The van der Waals surface area contributed by atoms with Gasteiger partial charge in [0.2, 0.25) is 0 Å². The van der Waals surface area contributed by atoms with Crippen LogP contribution in [0.15, 0.2) is 36.1 Å². The third-order valence-corrected chi connectivity index (χ3v) is 5.42. The topological polar surface area (TPSA) is 106 Å². The number of ether oxygens (including phenoxy) is 1. The van der Waals surface area contributed by atoms with E-state index in [4.69, 9.17) is 9.72 Å². The van der Waals surface area contributed by atoms with Gasteiger partial charge in [-0.3, -0.25) is 10.3 Å². The number of thiazole rings is 1. The molecule has 0 aliphatic heterocycles. The number of nitrogens with one attached hydrogen (secondary N) is 2. The van der Waals surface area contributed by atoms with Gasteiger partial charge in [0.05, 0.1) is 17.9 Å². The zero-order valence-corrected chi connectivity index (χ0v) is 19.7. The van der Waals surface area contributed by atoms with Crippen molar-refractivity contribution in [3.63, 3.8) is 0 Å². The molecule has 2 N–H and O–H groups in total. The van der Waals surface area contributed by atoms with Crippen molar-refractivity contribution in [3.05, 3.63) is 47.4 Å². The number of nitrogens with zero attached hydrogens (tertiary/aromatic N) is 3. The van der Waals surface area contributed by atoms with Gasteiger partial charge in [0.15, 0.2) is 0 Å². The Morgan fingerprint density at radius 3 is 2.53 bits per heavy atom. The summed E-state index contributed by atoms with van der Waals surface area (Å²) in [5.41, 5.74) is 3.46. The Kier molecular flexibility index (Phi) is 7.19. The third kappa shape index (κ3) is 5.47. The first-order chi connectivity index (χ1) is 15.2. The van der Waals surface area contributed by atoms with E-state index in [-0.39, 0.29) is 18.1 Å². The monoisotopic (exact) mass is 453 g/mol. The van der Waals surface area contributed by atoms with Crippen molar-refractivity contribution in [2.24, 2.45) is 0 Å². The van der Waals surface area contributed by atoms with E-state index in [0.29, 0.717) is 23.5 Å². The average Bonchev–Trinajstić information content (AvgIpc) is 3.25. The lowest BCUT2D eigenvalue weighted by atomic mass is 9.93. The molecule has 8 nitrogen and oxygen atoms in total. The van der Waals surface area contributed by atoms with E-state index in [1.54, 1.807) is 31.5 Å². The molecule has 3 aromatic rings. The molecule has 0 radical (unpaired) electrons. The van der Waals surface area contributed by atoms with Crippen LogP contribution in [0.4, 0.5) is 10.6 Å². The van der Waals surface area contributed by atoms with Gasteiger partial charge < -0.3 is 10.1 Å². The molecule has 0 bridgehead atoms. The Morgan fingerprint density at radius 2 is 1.88 bits per heavy atom. The van der Waals surface area contributed by atoms with Crippen LogP contribution in [0.5, 0.6) is 0 Å². The quantitative estimate of drug-likeness (QED) is 0.515. The van der Waals surface area contributed by atoms with E-state index in [0.717, 1.165) is 21.8 Å². The van der Waals surface area contributed by atoms with Gasteiger partial charge in [-0.2, -0.15) is 0 Å². The number of carbonyl (C=O) groups is 2. The number of aromatic nitrogens is 3. The molecule has 32 heavy (non-hydrogen) atoms. The van der Waals surface area contributed by atoms with E-state index in [1.807, 2.05) is 12.3 Å². The minimum atomic E-state index is -0.435. The summed E-state index contributed by atoms with van der Waals surface area (Å²) in [7, 11) is 0. The Bertz CT molecular complexity index is 1120. The molecule has 0 aromatic carbocycles. The van der Waals surface area contributed by atoms with E-state index >= 15 is 0 Å². The van der Waals surface area contributed by atoms with Gasteiger partial charge in [0.25, 0.3) is 0 Å². The predicted octanol–water partition coefficient (Wildman–Crippen LogP) is 4.88. The van der Waals surface area contributed by atoms with Gasteiger partial charge in [-0.25, -0.2) is 19.6 Å². The second-order valence-electron chi connectivity index (χ2n) is 8.07. The Balaban J connectivity index is 2.09. The third-order valence-electron chi connectivity index (χ3n) is 4.55. The van der Waals surface area contributed by atoms with Crippen LogP contribution in [0.25, 0.3) is 21.7 Å². The minimum Gasteiger partial charge on any atom is -0.462 e. The van der Waals surface area contributed by atoms with Gasteiger partial charge in [-0.15, -0.1) is 11.3 Å². The number of pyridine rings is 2. The maximum Gasteiger partial charge on any atom is 0.339 e. The molecule has 9 heteroatoms. The van der Waals surface area contributed by atoms with Crippen molar-refractivity contribution < 1.29 is 14.3 Å². The zero-order valence-electron chi connectivity index (χ0n) is 18.9. The number of rotatable bonds is 6. The van der Waals surface area contributed by atoms with Crippen molar-refractivity contribution in [1.82, 2.24) is 20.3 Å². The molecule has 0 saturated carbocycles.